The van der Waals surface area contributed by atoms with Crippen molar-refractivity contribution in [3.05, 3.63) is 97.2 Å². The molecule has 312 valence electrons. The Labute approximate surface area is 332 Å². The maximum atomic E-state index is 12.6. The maximum absolute atomic E-state index is 12.6. The summed E-state index contributed by atoms with van der Waals surface area (Å²) in [6.45, 7) is 2.09. The molecule has 0 fully saturated rings. The fourth-order valence-electron chi connectivity index (χ4n) is 4.62. The van der Waals surface area contributed by atoms with Crippen LogP contribution in [0.15, 0.2) is 97.2 Å². The number of ether oxygens (including phenoxy) is 2. The van der Waals surface area contributed by atoms with Gasteiger partial charge in [0.25, 0.3) is 0 Å². The first-order valence-electron chi connectivity index (χ1n) is 20.2. The van der Waals surface area contributed by atoms with Crippen LogP contribution >= 0.6 is 7.82 Å². The fraction of sp³-hybridized carbons (Fsp3) is 0.591. The van der Waals surface area contributed by atoms with E-state index in [0.717, 1.165) is 64.2 Å². The van der Waals surface area contributed by atoms with Gasteiger partial charge in [-0.15, -0.1) is 0 Å². The van der Waals surface area contributed by atoms with Gasteiger partial charge >= 0.3 is 19.8 Å². The highest BCUT2D eigenvalue weighted by Gasteiger charge is 2.27. The van der Waals surface area contributed by atoms with Crippen molar-refractivity contribution in [3.8, 4) is 0 Å². The normalized spacial score (nSPS) is 14.9. The van der Waals surface area contributed by atoms with Crippen LogP contribution in [0.5, 0.6) is 0 Å². The lowest BCUT2D eigenvalue weighted by Crippen LogP contribution is -2.29. The molecule has 10 nitrogen and oxygen atoms in total. The zero-order valence-corrected chi connectivity index (χ0v) is 34.5. The number of hydrogen-bond acceptors (Lipinski definition) is 9. The monoisotopic (exact) mass is 790 g/mol. The Balaban J connectivity index is 4.53. The number of aliphatic hydroxyl groups excluding tert-OH is 2. The van der Waals surface area contributed by atoms with Crippen molar-refractivity contribution in [3.63, 3.8) is 0 Å². The molecule has 0 aromatic carbocycles. The summed E-state index contributed by atoms with van der Waals surface area (Å²) in [5, 5.41) is 18.3. The molecule has 0 aromatic heterocycles. The van der Waals surface area contributed by atoms with Crippen LogP contribution in [0.1, 0.15) is 129 Å². The molecule has 0 radical (unpaired) electrons. The summed E-state index contributed by atoms with van der Waals surface area (Å²) >= 11 is 0. The van der Waals surface area contributed by atoms with E-state index in [2.05, 4.69) is 110 Å². The van der Waals surface area contributed by atoms with E-state index in [9.17, 15) is 24.2 Å². The average molecular weight is 791 g/mol. The first-order chi connectivity index (χ1) is 26.7. The molecule has 0 saturated carbocycles. The Morgan fingerprint density at radius 3 is 1.49 bits per heavy atom. The minimum atomic E-state index is -4.65. The molecular weight excluding hydrogens is 719 g/mol. The van der Waals surface area contributed by atoms with Gasteiger partial charge in [0.2, 0.25) is 0 Å². The highest BCUT2D eigenvalue weighted by Crippen LogP contribution is 2.43. The van der Waals surface area contributed by atoms with Crippen LogP contribution in [-0.4, -0.2) is 65.7 Å². The van der Waals surface area contributed by atoms with Gasteiger partial charge in [0, 0.05) is 12.8 Å². The number of hydrogen-bond donors (Lipinski definition) is 3. The van der Waals surface area contributed by atoms with E-state index in [4.69, 9.17) is 19.1 Å². The quantitative estimate of drug-likeness (QED) is 0.0242. The van der Waals surface area contributed by atoms with E-state index >= 15 is 0 Å². The Morgan fingerprint density at radius 2 is 1.00 bits per heavy atom. The fourth-order valence-corrected chi connectivity index (χ4v) is 5.41. The summed E-state index contributed by atoms with van der Waals surface area (Å²) in [7, 11) is -4.65. The first kappa shape index (κ1) is 51.9. The second kappa shape index (κ2) is 39.1. The van der Waals surface area contributed by atoms with E-state index in [-0.39, 0.29) is 19.4 Å². The SMILES string of the molecule is CC/C=C/C/C=C/C/C=C/C/C=C/CCCCC(=O)O[C@H](COC(=O)CCC/C=C/C/C=C/C/C=C/C/C=C/CCCCC)COP(=O)(O)OC[C@@H](O)CO. The summed E-state index contributed by atoms with van der Waals surface area (Å²) in [5.74, 6) is -1.05. The minimum absolute atomic E-state index is 0.114. The predicted molar refractivity (Wildman–Crippen MR) is 223 cm³/mol. The number of carbonyl (C=O) groups excluding carboxylic acids is 2. The van der Waals surface area contributed by atoms with E-state index in [1.54, 1.807) is 0 Å². The lowest BCUT2D eigenvalue weighted by atomic mass is 10.2. The van der Waals surface area contributed by atoms with Gasteiger partial charge in [0.05, 0.1) is 19.8 Å². The van der Waals surface area contributed by atoms with Gasteiger partial charge in [0.1, 0.15) is 12.7 Å². The number of carbonyl (C=O) groups is 2. The van der Waals surface area contributed by atoms with E-state index < -0.39 is 51.8 Å². The van der Waals surface area contributed by atoms with Crippen LogP contribution in [0.4, 0.5) is 0 Å². The second-order valence-corrected chi connectivity index (χ2v) is 14.4. The highest BCUT2D eigenvalue weighted by molar-refractivity contribution is 7.47. The molecule has 0 aromatic rings. The van der Waals surface area contributed by atoms with Crippen molar-refractivity contribution in [2.45, 2.75) is 142 Å². The van der Waals surface area contributed by atoms with Gasteiger partial charge in [-0.05, 0) is 89.9 Å². The lowest BCUT2D eigenvalue weighted by Gasteiger charge is -2.20. The molecular formula is C44H71O10P. The number of rotatable bonds is 36. The average Bonchev–Trinajstić information content (AvgIpc) is 3.17. The van der Waals surface area contributed by atoms with Gasteiger partial charge < -0.3 is 24.6 Å². The molecule has 0 aliphatic heterocycles. The molecule has 0 saturated heterocycles. The van der Waals surface area contributed by atoms with Gasteiger partial charge in [-0.25, -0.2) is 4.57 Å². The number of phosphoric acid groups is 1. The number of aliphatic hydroxyl groups is 2. The topological polar surface area (TPSA) is 149 Å². The molecule has 11 heteroatoms. The molecule has 0 aliphatic carbocycles. The molecule has 0 spiro atoms. The maximum Gasteiger partial charge on any atom is 0.472 e. The molecule has 0 aliphatic rings. The lowest BCUT2D eigenvalue weighted by molar-refractivity contribution is -0.161. The van der Waals surface area contributed by atoms with Gasteiger partial charge in [-0.1, -0.05) is 124 Å². The van der Waals surface area contributed by atoms with Gasteiger partial charge in [0.15, 0.2) is 6.10 Å². The third kappa shape index (κ3) is 38.9. The summed E-state index contributed by atoms with van der Waals surface area (Å²) in [6, 6.07) is 0. The van der Waals surface area contributed by atoms with Crippen molar-refractivity contribution in [2.75, 3.05) is 26.4 Å². The molecule has 1 unspecified atom stereocenters. The van der Waals surface area contributed by atoms with Gasteiger partial charge in [-0.3, -0.25) is 18.6 Å². The molecule has 55 heavy (non-hydrogen) atoms. The summed E-state index contributed by atoms with van der Waals surface area (Å²) in [4.78, 5) is 34.9. The van der Waals surface area contributed by atoms with Crippen LogP contribution in [0.3, 0.4) is 0 Å². The summed E-state index contributed by atoms with van der Waals surface area (Å²) in [6.07, 6.45) is 46.7. The molecule has 0 heterocycles. The molecule has 3 atom stereocenters. The zero-order chi connectivity index (χ0) is 40.5. The summed E-state index contributed by atoms with van der Waals surface area (Å²) < 4.78 is 32.5. The molecule has 3 N–H and O–H groups in total. The van der Waals surface area contributed by atoms with Crippen molar-refractivity contribution < 1.29 is 47.8 Å². The molecule has 0 rings (SSSR count). The predicted octanol–water partition coefficient (Wildman–Crippen LogP) is 10.4. The zero-order valence-electron chi connectivity index (χ0n) is 33.6. The third-order valence-corrected chi connectivity index (χ3v) is 8.67. The second-order valence-electron chi connectivity index (χ2n) is 12.9. The van der Waals surface area contributed by atoms with Crippen molar-refractivity contribution in [1.82, 2.24) is 0 Å². The Kier molecular flexibility index (Phi) is 36.9. The smallest absolute Gasteiger partial charge is 0.462 e. The minimum Gasteiger partial charge on any atom is -0.462 e. The largest absolute Gasteiger partial charge is 0.472 e. The standard InChI is InChI=1S/C44H71O10P/c1-3-5-7-9-11-13-15-17-19-20-22-23-25-27-29-31-33-35-43(47)51-39-42(40-53-55(49,50)52-38-41(46)37-45)54-44(48)36-34-32-30-28-26-24-21-18-16-14-12-10-8-6-4-2/h6,8,11-14,17-19,21-23,26-29,41-42,45-46H,3-5,7,9-10,15-16,20,24-25,30-40H2,1-2H3,(H,49,50)/b8-6+,13-11+,14-12+,19-17+,21-18+,23-22+,28-26+,29-27+/t41-,42+/m0/s1. The highest BCUT2D eigenvalue weighted by atomic mass is 31.2. The van der Waals surface area contributed by atoms with E-state index in [1.807, 2.05) is 6.08 Å². The Bertz CT molecular complexity index is 1230. The number of phosphoric ester groups is 1. The third-order valence-electron chi connectivity index (χ3n) is 7.72. The van der Waals surface area contributed by atoms with Crippen molar-refractivity contribution in [2.24, 2.45) is 0 Å². The van der Waals surface area contributed by atoms with E-state index in [1.165, 1.54) is 19.3 Å². The molecule has 0 bridgehead atoms. The van der Waals surface area contributed by atoms with Gasteiger partial charge in [-0.2, -0.15) is 0 Å². The Morgan fingerprint density at radius 1 is 0.564 bits per heavy atom. The number of esters is 2. The first-order valence-corrected chi connectivity index (χ1v) is 21.7. The Hall–Kier alpha value is -3.11. The van der Waals surface area contributed by atoms with Crippen LogP contribution < -0.4 is 0 Å². The number of allylic oxidation sites excluding steroid dienone is 16. The van der Waals surface area contributed by atoms with Crippen LogP contribution in [-0.2, 0) is 32.7 Å². The molecule has 0 amide bonds. The van der Waals surface area contributed by atoms with Crippen molar-refractivity contribution in [1.29, 1.82) is 0 Å². The van der Waals surface area contributed by atoms with Crippen LogP contribution in [0.25, 0.3) is 0 Å². The number of unbranched alkanes of at least 4 members (excludes halogenated alkanes) is 6. The van der Waals surface area contributed by atoms with Crippen molar-refractivity contribution >= 4 is 19.8 Å². The van der Waals surface area contributed by atoms with E-state index in [0.29, 0.717) is 19.3 Å². The van der Waals surface area contributed by atoms with Crippen LogP contribution in [0, 0.1) is 0 Å². The van der Waals surface area contributed by atoms with Crippen LogP contribution in [0.2, 0.25) is 0 Å². The summed E-state index contributed by atoms with van der Waals surface area (Å²) in [5.41, 5.74) is 0.